The minimum Gasteiger partial charge on any atom is -0.361 e. The molecule has 0 aliphatic carbocycles. The van der Waals surface area contributed by atoms with Gasteiger partial charge in [-0.25, -0.2) is 0 Å². The highest BCUT2D eigenvalue weighted by Gasteiger charge is 2.11. The van der Waals surface area contributed by atoms with Crippen LogP contribution in [0.15, 0.2) is 23.0 Å². The molecule has 18 heavy (non-hydrogen) atoms. The van der Waals surface area contributed by atoms with Crippen LogP contribution in [0, 0.1) is 13.8 Å². The van der Waals surface area contributed by atoms with E-state index >= 15 is 0 Å². The van der Waals surface area contributed by atoms with Gasteiger partial charge in [0.15, 0.2) is 0 Å². The normalized spacial score (nSPS) is 12.9. The first-order valence-corrected chi connectivity index (χ1v) is 6.40. The van der Waals surface area contributed by atoms with Crippen molar-refractivity contribution in [3.05, 3.63) is 41.0 Å². The van der Waals surface area contributed by atoms with Gasteiger partial charge in [0, 0.05) is 24.0 Å². The van der Waals surface area contributed by atoms with Crippen LogP contribution >= 0.6 is 0 Å². The van der Waals surface area contributed by atoms with Gasteiger partial charge < -0.3 is 14.4 Å². The molecule has 2 rings (SSSR count). The average molecular weight is 247 g/mol. The second-order valence-electron chi connectivity index (χ2n) is 4.67. The number of aryl methyl sites for hydroxylation is 2. The minimum absolute atomic E-state index is 0.427. The topological polar surface area (TPSA) is 43.0 Å². The number of aromatic nitrogens is 2. The van der Waals surface area contributed by atoms with Gasteiger partial charge in [-0.1, -0.05) is 12.1 Å². The van der Waals surface area contributed by atoms with E-state index in [4.69, 9.17) is 4.52 Å². The van der Waals surface area contributed by atoms with E-state index < -0.39 is 0 Å². The van der Waals surface area contributed by atoms with Crippen LogP contribution < -0.4 is 5.32 Å². The Morgan fingerprint density at radius 1 is 1.44 bits per heavy atom. The number of hydrogen-bond acceptors (Lipinski definition) is 3. The summed E-state index contributed by atoms with van der Waals surface area (Å²) in [6.07, 6.45) is 5.39. The largest absolute Gasteiger partial charge is 0.361 e. The van der Waals surface area contributed by atoms with Crippen LogP contribution in [0.1, 0.15) is 42.0 Å². The monoisotopic (exact) mass is 247 g/mol. The van der Waals surface area contributed by atoms with Gasteiger partial charge in [-0.2, -0.15) is 0 Å². The van der Waals surface area contributed by atoms with Gasteiger partial charge in [0.25, 0.3) is 0 Å². The molecule has 4 nitrogen and oxygen atoms in total. The molecule has 0 aromatic carbocycles. The van der Waals surface area contributed by atoms with E-state index in [0.29, 0.717) is 6.04 Å². The van der Waals surface area contributed by atoms with Crippen LogP contribution in [-0.4, -0.2) is 16.8 Å². The maximum absolute atomic E-state index is 5.19. The fourth-order valence-corrected chi connectivity index (χ4v) is 2.28. The zero-order chi connectivity index (χ0) is 13.1. The van der Waals surface area contributed by atoms with Crippen LogP contribution in [0.3, 0.4) is 0 Å². The molecule has 0 fully saturated rings. The van der Waals surface area contributed by atoms with Gasteiger partial charge in [0.05, 0.1) is 12.2 Å². The zero-order valence-corrected chi connectivity index (χ0v) is 11.5. The Balaban J connectivity index is 2.16. The smallest absolute Gasteiger partial charge is 0.138 e. The summed E-state index contributed by atoms with van der Waals surface area (Å²) >= 11 is 0. The Morgan fingerprint density at radius 3 is 2.78 bits per heavy atom. The molecule has 0 aliphatic rings. The number of nitrogens with one attached hydrogen (secondary N) is 1. The Bertz CT molecular complexity index is 489. The van der Waals surface area contributed by atoms with Crippen LogP contribution in [-0.2, 0) is 6.54 Å². The first-order valence-electron chi connectivity index (χ1n) is 6.40. The van der Waals surface area contributed by atoms with Crippen LogP contribution in [0.25, 0.3) is 0 Å². The second-order valence-corrected chi connectivity index (χ2v) is 4.67. The molecule has 0 saturated carbocycles. The van der Waals surface area contributed by atoms with E-state index in [1.165, 1.54) is 11.1 Å². The van der Waals surface area contributed by atoms with E-state index in [0.717, 1.165) is 24.4 Å². The lowest BCUT2D eigenvalue weighted by atomic mass is 10.1. The van der Waals surface area contributed by atoms with Crippen molar-refractivity contribution in [3.8, 4) is 0 Å². The summed E-state index contributed by atoms with van der Waals surface area (Å²) in [6.45, 7) is 6.95. The van der Waals surface area contributed by atoms with Crippen LogP contribution in [0.5, 0.6) is 0 Å². The molecule has 0 saturated heterocycles. The molecule has 1 atom stereocenters. The molecule has 2 aromatic rings. The number of nitrogens with zero attached hydrogens (tertiary/aromatic N) is 2. The third-order valence-corrected chi connectivity index (χ3v) is 3.45. The second kappa shape index (κ2) is 5.40. The van der Waals surface area contributed by atoms with E-state index in [-0.39, 0.29) is 0 Å². The molecular weight excluding hydrogens is 226 g/mol. The maximum Gasteiger partial charge on any atom is 0.138 e. The third-order valence-electron chi connectivity index (χ3n) is 3.45. The van der Waals surface area contributed by atoms with Gasteiger partial charge in [-0.05, 0) is 38.9 Å². The van der Waals surface area contributed by atoms with Crippen molar-refractivity contribution in [2.24, 2.45) is 0 Å². The van der Waals surface area contributed by atoms with Crippen molar-refractivity contribution in [1.82, 2.24) is 15.0 Å². The molecule has 1 unspecified atom stereocenters. The van der Waals surface area contributed by atoms with Crippen LogP contribution in [0.2, 0.25) is 0 Å². The van der Waals surface area contributed by atoms with E-state index in [1.54, 1.807) is 0 Å². The Hall–Kier alpha value is -1.55. The molecule has 0 radical (unpaired) electrons. The predicted molar refractivity (Wildman–Crippen MR) is 71.6 cm³/mol. The van der Waals surface area contributed by atoms with Crippen molar-refractivity contribution in [2.75, 3.05) is 7.05 Å². The predicted octanol–water partition coefficient (Wildman–Crippen LogP) is 2.81. The molecule has 2 aromatic heterocycles. The maximum atomic E-state index is 5.19. The Labute approximate surface area is 108 Å². The number of rotatable bonds is 5. The Kier molecular flexibility index (Phi) is 3.87. The lowest BCUT2D eigenvalue weighted by molar-refractivity contribution is 0.392. The van der Waals surface area contributed by atoms with Gasteiger partial charge in [0.1, 0.15) is 5.76 Å². The molecule has 1 N–H and O–H groups in total. The summed E-state index contributed by atoms with van der Waals surface area (Å²) in [5.74, 6) is 0.906. The Morgan fingerprint density at radius 2 is 2.22 bits per heavy atom. The van der Waals surface area contributed by atoms with E-state index in [9.17, 15) is 0 Å². The van der Waals surface area contributed by atoms with Crippen LogP contribution in [0.4, 0.5) is 0 Å². The molecule has 98 valence electrons. The summed E-state index contributed by atoms with van der Waals surface area (Å²) in [6, 6.07) is 2.60. The van der Waals surface area contributed by atoms with Crippen molar-refractivity contribution in [3.63, 3.8) is 0 Å². The SMILES string of the molecule is CCC(NC)c1ccn(Cc2c(C)noc2C)c1. The van der Waals surface area contributed by atoms with E-state index in [2.05, 4.69) is 40.4 Å². The lowest BCUT2D eigenvalue weighted by Crippen LogP contribution is -2.14. The lowest BCUT2D eigenvalue weighted by Gasteiger charge is -2.11. The highest BCUT2D eigenvalue weighted by Crippen LogP contribution is 2.19. The first kappa shape index (κ1) is 12.9. The molecule has 0 aliphatic heterocycles. The summed E-state index contributed by atoms with van der Waals surface area (Å²) in [5.41, 5.74) is 3.48. The minimum atomic E-state index is 0.427. The molecule has 0 spiro atoms. The summed E-state index contributed by atoms with van der Waals surface area (Å²) in [4.78, 5) is 0. The number of hydrogen-bond donors (Lipinski definition) is 1. The summed E-state index contributed by atoms with van der Waals surface area (Å²) in [7, 11) is 2.00. The van der Waals surface area contributed by atoms with Gasteiger partial charge in [0.2, 0.25) is 0 Å². The zero-order valence-electron chi connectivity index (χ0n) is 11.5. The van der Waals surface area contributed by atoms with E-state index in [1.807, 2.05) is 20.9 Å². The van der Waals surface area contributed by atoms with Gasteiger partial charge >= 0.3 is 0 Å². The molecule has 2 heterocycles. The van der Waals surface area contributed by atoms with Crippen molar-refractivity contribution in [1.29, 1.82) is 0 Å². The highest BCUT2D eigenvalue weighted by atomic mass is 16.5. The standard InChI is InChI=1S/C14H21N3O/c1-5-14(15-4)12-6-7-17(8-12)9-13-10(2)16-18-11(13)3/h6-8,14-15H,5,9H2,1-4H3. The fourth-order valence-electron chi connectivity index (χ4n) is 2.28. The van der Waals surface area contributed by atoms with Gasteiger partial charge in [-0.3, -0.25) is 0 Å². The summed E-state index contributed by atoms with van der Waals surface area (Å²) < 4.78 is 7.37. The highest BCUT2D eigenvalue weighted by molar-refractivity contribution is 5.23. The molecule has 0 bridgehead atoms. The quantitative estimate of drug-likeness (QED) is 0.883. The molecule has 4 heteroatoms. The third kappa shape index (κ3) is 2.48. The van der Waals surface area contributed by atoms with Crippen molar-refractivity contribution < 1.29 is 4.52 Å². The molecular formula is C14H21N3O. The van der Waals surface area contributed by atoms with Gasteiger partial charge in [-0.15, -0.1) is 0 Å². The average Bonchev–Trinajstić information content (AvgIpc) is 2.93. The first-order chi connectivity index (χ1) is 8.65. The molecule has 0 amide bonds. The fraction of sp³-hybridized carbons (Fsp3) is 0.500. The summed E-state index contributed by atoms with van der Waals surface area (Å²) in [5, 5.41) is 7.30. The van der Waals surface area contributed by atoms with Crippen molar-refractivity contribution in [2.45, 2.75) is 39.8 Å². The van der Waals surface area contributed by atoms with Crippen molar-refractivity contribution >= 4 is 0 Å².